The zero-order chi connectivity index (χ0) is 17.2. The van der Waals surface area contributed by atoms with Crippen molar-refractivity contribution in [2.75, 3.05) is 13.1 Å². The summed E-state index contributed by atoms with van der Waals surface area (Å²) in [6, 6.07) is 7.50. The molecule has 1 aliphatic rings. The molecule has 1 aliphatic heterocycles. The molecule has 25 heavy (non-hydrogen) atoms. The number of benzene rings is 1. The molecule has 0 N–H and O–H groups in total. The minimum atomic E-state index is 0.0503. The summed E-state index contributed by atoms with van der Waals surface area (Å²) in [5.41, 5.74) is 0.808. The fraction of sp³-hybridized carbons (Fsp3) is 0.444. The first-order valence-corrected chi connectivity index (χ1v) is 8.65. The zero-order valence-corrected chi connectivity index (χ0v) is 14.3. The maximum absolute atomic E-state index is 12.6. The molecule has 0 bridgehead atoms. The number of rotatable bonds is 4. The Hall–Kier alpha value is -2.54. The number of hydrogen-bond acceptors (Lipinski definition) is 6. The van der Waals surface area contributed by atoms with E-state index in [0.717, 1.165) is 38.0 Å². The summed E-state index contributed by atoms with van der Waals surface area (Å²) in [4.78, 5) is 23.6. The van der Waals surface area contributed by atoms with Crippen molar-refractivity contribution in [3.8, 4) is 0 Å². The van der Waals surface area contributed by atoms with Gasteiger partial charge in [-0.2, -0.15) is 4.98 Å². The number of nitrogens with zero attached hydrogens (tertiary/aromatic N) is 5. The fourth-order valence-electron chi connectivity index (χ4n) is 3.44. The van der Waals surface area contributed by atoms with Gasteiger partial charge in [0.2, 0.25) is 5.89 Å². The van der Waals surface area contributed by atoms with E-state index in [1.165, 1.54) is 0 Å². The van der Waals surface area contributed by atoms with E-state index in [-0.39, 0.29) is 5.56 Å². The Morgan fingerprint density at radius 3 is 2.80 bits per heavy atom. The molecule has 7 heteroatoms. The number of para-hydroxylation sites is 1. The van der Waals surface area contributed by atoms with Crippen LogP contribution in [0, 0.1) is 12.8 Å². The van der Waals surface area contributed by atoms with E-state index in [2.05, 4.69) is 20.0 Å². The van der Waals surface area contributed by atoms with Crippen LogP contribution in [0.4, 0.5) is 0 Å². The third-order valence-corrected chi connectivity index (χ3v) is 4.82. The van der Waals surface area contributed by atoms with Crippen molar-refractivity contribution in [2.45, 2.75) is 32.9 Å². The van der Waals surface area contributed by atoms with Gasteiger partial charge >= 0.3 is 0 Å². The van der Waals surface area contributed by atoms with Gasteiger partial charge in [-0.3, -0.25) is 14.3 Å². The van der Waals surface area contributed by atoms with E-state index in [1.807, 2.05) is 31.2 Å². The third-order valence-electron chi connectivity index (χ3n) is 4.82. The van der Waals surface area contributed by atoms with Gasteiger partial charge in [0, 0.05) is 6.54 Å². The molecule has 7 nitrogen and oxygen atoms in total. The molecule has 0 radical (unpaired) electrons. The fourth-order valence-corrected chi connectivity index (χ4v) is 3.44. The number of likely N-dealkylation sites (tertiary alicyclic amines) is 1. The minimum absolute atomic E-state index is 0.0503. The first-order valence-electron chi connectivity index (χ1n) is 8.65. The lowest BCUT2D eigenvalue weighted by Crippen LogP contribution is -2.36. The maximum Gasteiger partial charge on any atom is 0.261 e. The lowest BCUT2D eigenvalue weighted by atomic mass is 9.96. The van der Waals surface area contributed by atoms with Gasteiger partial charge in [0.1, 0.15) is 0 Å². The lowest BCUT2D eigenvalue weighted by molar-refractivity contribution is 0.150. The van der Waals surface area contributed by atoms with Crippen LogP contribution in [-0.2, 0) is 13.1 Å². The Labute approximate surface area is 145 Å². The molecule has 1 aromatic carbocycles. The van der Waals surface area contributed by atoms with E-state index in [1.54, 1.807) is 10.9 Å². The molecule has 130 valence electrons. The molecular weight excluding hydrogens is 318 g/mol. The van der Waals surface area contributed by atoms with E-state index < -0.39 is 0 Å². The Balaban J connectivity index is 1.39. The molecule has 0 atom stereocenters. The van der Waals surface area contributed by atoms with Crippen LogP contribution < -0.4 is 5.56 Å². The van der Waals surface area contributed by atoms with Gasteiger partial charge in [-0.25, -0.2) is 4.98 Å². The van der Waals surface area contributed by atoms with Gasteiger partial charge < -0.3 is 4.52 Å². The van der Waals surface area contributed by atoms with Crippen LogP contribution in [0.2, 0.25) is 0 Å². The van der Waals surface area contributed by atoms with Crippen molar-refractivity contribution < 1.29 is 4.52 Å². The topological polar surface area (TPSA) is 77.0 Å². The molecule has 2 aromatic heterocycles. The average Bonchev–Trinajstić information content (AvgIpc) is 3.04. The predicted octanol–water partition coefficient (Wildman–Crippen LogP) is 2.00. The van der Waals surface area contributed by atoms with Crippen LogP contribution in [0.15, 0.2) is 39.9 Å². The number of piperidine rings is 1. The highest BCUT2D eigenvalue weighted by Gasteiger charge is 2.21. The first-order chi connectivity index (χ1) is 12.2. The molecule has 0 unspecified atom stereocenters. The summed E-state index contributed by atoms with van der Waals surface area (Å²) in [7, 11) is 0. The molecular formula is C18H21N5O2. The molecule has 0 amide bonds. The minimum Gasteiger partial charge on any atom is -0.338 e. The lowest BCUT2D eigenvalue weighted by Gasteiger charge is -2.31. The highest BCUT2D eigenvalue weighted by Crippen LogP contribution is 2.20. The molecule has 0 saturated carbocycles. The van der Waals surface area contributed by atoms with Gasteiger partial charge in [-0.05, 0) is 50.9 Å². The van der Waals surface area contributed by atoms with Gasteiger partial charge in [0.05, 0.1) is 23.8 Å². The average molecular weight is 339 g/mol. The maximum atomic E-state index is 12.6. The summed E-state index contributed by atoms with van der Waals surface area (Å²) < 4.78 is 6.94. The number of fused-ring (bicyclic) bond motifs is 1. The predicted molar refractivity (Wildman–Crippen MR) is 93.0 cm³/mol. The summed E-state index contributed by atoms with van der Waals surface area (Å²) in [5.74, 6) is 1.83. The van der Waals surface area contributed by atoms with Crippen molar-refractivity contribution in [2.24, 2.45) is 5.92 Å². The second-order valence-electron chi connectivity index (χ2n) is 6.67. The van der Waals surface area contributed by atoms with Crippen molar-refractivity contribution in [3.63, 3.8) is 0 Å². The monoisotopic (exact) mass is 339 g/mol. The van der Waals surface area contributed by atoms with Gasteiger partial charge in [0.25, 0.3) is 5.56 Å². The van der Waals surface area contributed by atoms with Crippen LogP contribution in [0.3, 0.4) is 0 Å². The molecule has 4 rings (SSSR count). The molecule has 3 heterocycles. The zero-order valence-electron chi connectivity index (χ0n) is 14.3. The van der Waals surface area contributed by atoms with E-state index in [4.69, 9.17) is 4.52 Å². The third kappa shape index (κ3) is 3.46. The quantitative estimate of drug-likeness (QED) is 0.723. The van der Waals surface area contributed by atoms with Crippen molar-refractivity contribution in [3.05, 3.63) is 52.7 Å². The van der Waals surface area contributed by atoms with Crippen LogP contribution in [0.5, 0.6) is 0 Å². The van der Waals surface area contributed by atoms with Crippen molar-refractivity contribution in [1.29, 1.82) is 0 Å². The smallest absolute Gasteiger partial charge is 0.261 e. The Bertz CT molecular complexity index is 924. The Morgan fingerprint density at radius 2 is 2.04 bits per heavy atom. The summed E-state index contributed by atoms with van der Waals surface area (Å²) >= 11 is 0. The second kappa shape index (κ2) is 6.76. The summed E-state index contributed by atoms with van der Waals surface area (Å²) in [6.45, 7) is 5.20. The number of hydrogen-bond donors (Lipinski definition) is 0. The van der Waals surface area contributed by atoms with Gasteiger partial charge in [-0.1, -0.05) is 17.3 Å². The highest BCUT2D eigenvalue weighted by atomic mass is 16.5. The molecule has 1 saturated heterocycles. The van der Waals surface area contributed by atoms with E-state index >= 15 is 0 Å². The molecule has 3 aromatic rings. The van der Waals surface area contributed by atoms with E-state index in [9.17, 15) is 4.79 Å². The summed E-state index contributed by atoms with van der Waals surface area (Å²) in [6.07, 6.45) is 3.77. The molecule has 0 aliphatic carbocycles. The van der Waals surface area contributed by atoms with Crippen LogP contribution in [0.25, 0.3) is 10.9 Å². The van der Waals surface area contributed by atoms with Crippen molar-refractivity contribution >= 4 is 10.9 Å². The highest BCUT2D eigenvalue weighted by molar-refractivity contribution is 5.76. The van der Waals surface area contributed by atoms with E-state index in [0.29, 0.717) is 29.6 Å². The Morgan fingerprint density at radius 1 is 1.24 bits per heavy atom. The number of aryl methyl sites for hydroxylation is 1. The number of aromatic nitrogens is 4. The normalized spacial score (nSPS) is 16.5. The molecule has 1 fully saturated rings. The van der Waals surface area contributed by atoms with Crippen LogP contribution >= 0.6 is 0 Å². The summed E-state index contributed by atoms with van der Waals surface area (Å²) in [5, 5.41) is 4.52. The largest absolute Gasteiger partial charge is 0.338 e. The standard InChI is InChI=1S/C18H21N5O2/c1-13-20-17(25-21-13)11-22-8-6-14(7-9-22)10-23-12-19-16-5-3-2-4-15(16)18(23)24/h2-5,12,14H,6-11H2,1H3. The Kier molecular flexibility index (Phi) is 4.31. The van der Waals surface area contributed by atoms with Gasteiger partial charge in [-0.15, -0.1) is 0 Å². The first kappa shape index (κ1) is 16.0. The molecule has 0 spiro atoms. The van der Waals surface area contributed by atoms with Crippen molar-refractivity contribution in [1.82, 2.24) is 24.6 Å². The van der Waals surface area contributed by atoms with Gasteiger partial charge in [0.15, 0.2) is 5.82 Å². The SMILES string of the molecule is Cc1noc(CN2CCC(Cn3cnc4ccccc4c3=O)CC2)n1. The van der Waals surface area contributed by atoms with Crippen LogP contribution in [0.1, 0.15) is 24.6 Å². The second-order valence-corrected chi connectivity index (χ2v) is 6.67. The van der Waals surface area contributed by atoms with Crippen LogP contribution in [-0.4, -0.2) is 37.7 Å².